The molecule has 1 unspecified atom stereocenters. The van der Waals surface area contributed by atoms with Crippen molar-refractivity contribution in [2.45, 2.75) is 24.7 Å². The van der Waals surface area contributed by atoms with Crippen LogP contribution in [0.25, 0.3) is 10.9 Å². The summed E-state index contributed by atoms with van der Waals surface area (Å²) >= 11 is 1.63. The van der Waals surface area contributed by atoms with Gasteiger partial charge in [0.2, 0.25) is 10.0 Å². The number of aromatic amines is 1. The predicted molar refractivity (Wildman–Crippen MR) is 112 cm³/mol. The van der Waals surface area contributed by atoms with E-state index in [9.17, 15) is 8.42 Å². The molecule has 0 saturated heterocycles. The summed E-state index contributed by atoms with van der Waals surface area (Å²) in [5.74, 6) is -0.0804. The van der Waals surface area contributed by atoms with Crippen LogP contribution >= 0.6 is 11.3 Å². The first-order valence-electron chi connectivity index (χ1n) is 8.98. The Hall–Kier alpha value is -2.42. The summed E-state index contributed by atoms with van der Waals surface area (Å²) in [5, 5.41) is 7.36. The van der Waals surface area contributed by atoms with Gasteiger partial charge in [0.15, 0.2) is 0 Å². The minimum Gasteiger partial charge on any atom is -0.361 e. The molecule has 0 amide bonds. The summed E-state index contributed by atoms with van der Waals surface area (Å²) < 4.78 is 30.5. The van der Waals surface area contributed by atoms with E-state index in [0.29, 0.717) is 11.4 Å². The number of benzene rings is 1. The van der Waals surface area contributed by atoms with Crippen molar-refractivity contribution in [3.05, 3.63) is 69.8 Å². The molecule has 8 heteroatoms. The minimum atomic E-state index is -3.67. The molecule has 0 radical (unpaired) electrons. The second-order valence-corrected chi connectivity index (χ2v) is 9.52. The molecule has 1 atom stereocenters. The molecule has 4 rings (SSSR count). The molecular weight excluding hydrogens is 392 g/mol. The van der Waals surface area contributed by atoms with Gasteiger partial charge in [-0.3, -0.25) is 4.68 Å². The number of aromatic nitrogens is 3. The molecule has 3 heterocycles. The van der Waals surface area contributed by atoms with Crippen LogP contribution in [0.3, 0.4) is 0 Å². The number of fused-ring (bicyclic) bond motifs is 1. The number of rotatable bonds is 6. The fourth-order valence-electron chi connectivity index (χ4n) is 3.64. The van der Waals surface area contributed by atoms with E-state index in [1.54, 1.807) is 36.9 Å². The molecule has 6 nitrogen and oxygen atoms in total. The van der Waals surface area contributed by atoms with Gasteiger partial charge in [-0.2, -0.15) is 5.10 Å². The highest BCUT2D eigenvalue weighted by Crippen LogP contribution is 2.33. The van der Waals surface area contributed by atoms with Crippen LogP contribution in [0.5, 0.6) is 0 Å². The summed E-state index contributed by atoms with van der Waals surface area (Å²) in [6.45, 7) is 3.77. The molecule has 0 spiro atoms. The lowest BCUT2D eigenvalue weighted by atomic mass is 9.97. The number of aryl methyl sites for hydroxylation is 2. The van der Waals surface area contributed by atoms with Crippen LogP contribution in [-0.4, -0.2) is 29.7 Å². The first kappa shape index (κ1) is 18.9. The summed E-state index contributed by atoms with van der Waals surface area (Å²) in [6, 6.07) is 12.1. The van der Waals surface area contributed by atoms with Crippen LogP contribution in [0.2, 0.25) is 0 Å². The normalized spacial score (nSPS) is 13.2. The number of hydrogen-bond acceptors (Lipinski definition) is 4. The lowest BCUT2D eigenvalue weighted by Gasteiger charge is -2.16. The standard InChI is InChI=1S/C20H22N4O2S2/c1-13-20(14(2)24(3)23-13)28(25,26)22-12-17(19-9-6-10-27-19)16-11-21-18-8-5-4-7-15(16)18/h4-11,17,21-22H,12H2,1-3H3. The van der Waals surface area contributed by atoms with E-state index in [0.717, 1.165) is 21.3 Å². The van der Waals surface area contributed by atoms with E-state index in [2.05, 4.69) is 20.9 Å². The number of thiophene rings is 1. The van der Waals surface area contributed by atoms with Gasteiger partial charge in [-0.05, 0) is 36.9 Å². The molecule has 0 bridgehead atoms. The highest BCUT2D eigenvalue weighted by molar-refractivity contribution is 7.89. The van der Waals surface area contributed by atoms with Crippen LogP contribution < -0.4 is 4.72 Å². The lowest BCUT2D eigenvalue weighted by molar-refractivity contribution is 0.576. The van der Waals surface area contributed by atoms with Crippen LogP contribution in [0.1, 0.15) is 27.7 Å². The molecule has 0 fully saturated rings. The topological polar surface area (TPSA) is 79.8 Å². The maximum absolute atomic E-state index is 13.0. The largest absolute Gasteiger partial charge is 0.361 e. The van der Waals surface area contributed by atoms with Crippen LogP contribution in [-0.2, 0) is 17.1 Å². The number of nitrogens with one attached hydrogen (secondary N) is 2. The summed E-state index contributed by atoms with van der Waals surface area (Å²) in [6.07, 6.45) is 1.98. The highest BCUT2D eigenvalue weighted by atomic mass is 32.2. The Labute approximate surface area is 168 Å². The van der Waals surface area contributed by atoms with Gasteiger partial charge in [0.05, 0.1) is 11.4 Å². The van der Waals surface area contributed by atoms with Gasteiger partial charge in [0.25, 0.3) is 0 Å². The Balaban J connectivity index is 1.70. The van der Waals surface area contributed by atoms with E-state index in [4.69, 9.17) is 0 Å². The highest BCUT2D eigenvalue weighted by Gasteiger charge is 2.26. The van der Waals surface area contributed by atoms with Crippen LogP contribution in [0.15, 0.2) is 52.9 Å². The first-order valence-corrected chi connectivity index (χ1v) is 11.3. The van der Waals surface area contributed by atoms with Crippen LogP contribution in [0.4, 0.5) is 0 Å². The SMILES string of the molecule is Cc1nn(C)c(C)c1S(=O)(=O)NCC(c1cccs1)c1c[nH]c2ccccc12. The Bertz CT molecular complexity index is 1220. The molecule has 0 aliphatic heterocycles. The van der Waals surface area contributed by atoms with Gasteiger partial charge in [-0.25, -0.2) is 13.1 Å². The second kappa shape index (κ2) is 7.20. The van der Waals surface area contributed by atoms with E-state index < -0.39 is 10.0 Å². The zero-order chi connectivity index (χ0) is 19.9. The van der Waals surface area contributed by atoms with Crippen molar-refractivity contribution in [1.82, 2.24) is 19.5 Å². The minimum absolute atomic E-state index is 0.0804. The van der Waals surface area contributed by atoms with Gasteiger partial charge < -0.3 is 4.98 Å². The van der Waals surface area contributed by atoms with E-state index in [1.165, 1.54) is 0 Å². The molecule has 0 aliphatic carbocycles. The molecule has 1 aromatic carbocycles. The third-order valence-corrected chi connectivity index (χ3v) is 7.73. The summed E-state index contributed by atoms with van der Waals surface area (Å²) in [4.78, 5) is 4.68. The van der Waals surface area contributed by atoms with E-state index >= 15 is 0 Å². The van der Waals surface area contributed by atoms with Crippen LogP contribution in [0, 0.1) is 13.8 Å². The van der Waals surface area contributed by atoms with Crippen molar-refractivity contribution in [3.63, 3.8) is 0 Å². The van der Waals surface area contributed by atoms with E-state index in [1.807, 2.05) is 41.9 Å². The Morgan fingerprint density at radius 3 is 2.68 bits per heavy atom. The molecule has 0 saturated carbocycles. The Morgan fingerprint density at radius 2 is 2.00 bits per heavy atom. The van der Waals surface area contributed by atoms with Gasteiger partial charge in [0.1, 0.15) is 4.90 Å². The third kappa shape index (κ3) is 3.28. The van der Waals surface area contributed by atoms with E-state index in [-0.39, 0.29) is 17.4 Å². The molecule has 2 N–H and O–H groups in total. The molecule has 146 valence electrons. The van der Waals surface area contributed by atoms with Crippen molar-refractivity contribution in [1.29, 1.82) is 0 Å². The Morgan fingerprint density at radius 1 is 1.21 bits per heavy atom. The van der Waals surface area contributed by atoms with Gasteiger partial charge in [0, 0.05) is 41.5 Å². The second-order valence-electron chi connectivity index (χ2n) is 6.83. The fourth-order valence-corrected chi connectivity index (χ4v) is 5.97. The average Bonchev–Trinajstić information content (AvgIpc) is 3.37. The lowest BCUT2D eigenvalue weighted by Crippen LogP contribution is -2.29. The van der Waals surface area contributed by atoms with Crippen molar-refractivity contribution in [3.8, 4) is 0 Å². The van der Waals surface area contributed by atoms with Crippen molar-refractivity contribution in [2.24, 2.45) is 7.05 Å². The number of sulfonamides is 1. The summed E-state index contributed by atoms with van der Waals surface area (Å²) in [5.41, 5.74) is 3.26. The Kier molecular flexibility index (Phi) is 4.86. The fraction of sp³-hybridized carbons (Fsp3) is 0.250. The number of hydrogen-bond donors (Lipinski definition) is 2. The quantitative estimate of drug-likeness (QED) is 0.505. The van der Waals surface area contributed by atoms with Crippen molar-refractivity contribution >= 4 is 32.3 Å². The molecular formula is C20H22N4O2S2. The first-order chi connectivity index (χ1) is 13.4. The zero-order valence-electron chi connectivity index (χ0n) is 15.9. The number of para-hydroxylation sites is 1. The maximum Gasteiger partial charge on any atom is 0.244 e. The maximum atomic E-state index is 13.0. The zero-order valence-corrected chi connectivity index (χ0v) is 17.6. The molecule has 28 heavy (non-hydrogen) atoms. The smallest absolute Gasteiger partial charge is 0.244 e. The monoisotopic (exact) mass is 414 g/mol. The number of H-pyrrole nitrogens is 1. The molecule has 0 aliphatic rings. The number of nitrogens with zero attached hydrogens (tertiary/aromatic N) is 2. The van der Waals surface area contributed by atoms with Crippen molar-refractivity contribution in [2.75, 3.05) is 6.54 Å². The van der Waals surface area contributed by atoms with Crippen molar-refractivity contribution < 1.29 is 8.42 Å². The van der Waals surface area contributed by atoms with Gasteiger partial charge in [-0.15, -0.1) is 11.3 Å². The summed E-state index contributed by atoms with van der Waals surface area (Å²) in [7, 11) is -1.92. The molecule has 4 aromatic rings. The van der Waals surface area contributed by atoms with Gasteiger partial charge >= 0.3 is 0 Å². The predicted octanol–water partition coefficient (Wildman–Crippen LogP) is 3.69. The average molecular weight is 415 g/mol. The third-order valence-electron chi connectivity index (χ3n) is 5.07. The molecule has 3 aromatic heterocycles. The van der Waals surface area contributed by atoms with Gasteiger partial charge in [-0.1, -0.05) is 24.3 Å².